The van der Waals surface area contributed by atoms with Gasteiger partial charge in [0.2, 0.25) is 0 Å². The molecule has 0 spiro atoms. The highest BCUT2D eigenvalue weighted by Crippen LogP contribution is 2.45. The van der Waals surface area contributed by atoms with E-state index in [2.05, 4.69) is 16.8 Å². The van der Waals surface area contributed by atoms with Crippen LogP contribution in [0.4, 0.5) is 16.5 Å². The van der Waals surface area contributed by atoms with Crippen molar-refractivity contribution >= 4 is 49.7 Å². The molecule has 1 unspecified atom stereocenters. The van der Waals surface area contributed by atoms with Crippen LogP contribution < -0.4 is 10.6 Å². The van der Waals surface area contributed by atoms with Crippen molar-refractivity contribution in [3.8, 4) is 0 Å². The molecule has 112 valence electrons. The van der Waals surface area contributed by atoms with Crippen molar-refractivity contribution in [2.24, 2.45) is 0 Å². The number of nitrogens with zero attached hydrogens (tertiary/aromatic N) is 3. The third kappa shape index (κ3) is 2.40. The summed E-state index contributed by atoms with van der Waals surface area (Å²) in [6.45, 7) is 2.89. The number of hydrogen-bond acceptors (Lipinski definition) is 6. The summed E-state index contributed by atoms with van der Waals surface area (Å²) in [6.07, 6.45) is 3.20. The molecular formula is C13H15ClN4O2S. The number of halogens is 1. The molecule has 0 amide bonds. The first-order valence-electron chi connectivity index (χ1n) is 6.78. The lowest BCUT2D eigenvalue weighted by Crippen LogP contribution is -2.37. The Kier molecular flexibility index (Phi) is 3.62. The zero-order valence-corrected chi connectivity index (χ0v) is 13.1. The van der Waals surface area contributed by atoms with E-state index in [1.807, 2.05) is 0 Å². The van der Waals surface area contributed by atoms with Crippen molar-refractivity contribution in [2.75, 3.05) is 17.2 Å². The van der Waals surface area contributed by atoms with Gasteiger partial charge in [-0.1, -0.05) is 22.9 Å². The third-order valence-electron chi connectivity index (χ3n) is 3.88. The molecule has 0 bridgehead atoms. The number of nitro groups is 1. The van der Waals surface area contributed by atoms with Crippen LogP contribution in [-0.2, 0) is 0 Å². The summed E-state index contributed by atoms with van der Waals surface area (Å²) in [5.74, 6) is 0. The molecular weight excluding hydrogens is 312 g/mol. The second-order valence-electron chi connectivity index (χ2n) is 5.25. The molecule has 2 N–H and O–H groups in total. The van der Waals surface area contributed by atoms with Crippen LogP contribution in [0.1, 0.15) is 26.2 Å². The topological polar surface area (TPSA) is 85.3 Å². The molecule has 8 heteroatoms. The van der Waals surface area contributed by atoms with Crippen LogP contribution >= 0.6 is 22.9 Å². The number of hydrogen-bond donors (Lipinski definition) is 1. The number of benzene rings is 1. The maximum Gasteiger partial charge on any atom is 0.295 e. The number of thiazole rings is 1. The van der Waals surface area contributed by atoms with E-state index in [0.29, 0.717) is 21.0 Å². The first kappa shape index (κ1) is 14.3. The van der Waals surface area contributed by atoms with Crippen molar-refractivity contribution in [3.63, 3.8) is 0 Å². The van der Waals surface area contributed by atoms with Gasteiger partial charge in [0.05, 0.1) is 14.6 Å². The fourth-order valence-corrected chi connectivity index (χ4v) is 4.09. The molecule has 1 atom stereocenters. The van der Waals surface area contributed by atoms with Crippen molar-refractivity contribution in [2.45, 2.75) is 32.2 Å². The predicted octanol–water partition coefficient (Wildman–Crippen LogP) is 3.82. The molecule has 1 fully saturated rings. The molecule has 2 heterocycles. The Morgan fingerprint density at radius 1 is 1.57 bits per heavy atom. The second kappa shape index (κ2) is 5.31. The highest BCUT2D eigenvalue weighted by molar-refractivity contribution is 7.22. The van der Waals surface area contributed by atoms with E-state index in [1.54, 1.807) is 0 Å². The van der Waals surface area contributed by atoms with Gasteiger partial charge in [0, 0.05) is 18.7 Å². The lowest BCUT2D eigenvalue weighted by atomic mass is 10.0. The van der Waals surface area contributed by atoms with Gasteiger partial charge in [-0.2, -0.15) is 0 Å². The number of anilines is 2. The minimum atomic E-state index is -0.377. The number of nitro benzene ring substituents is 1. The van der Waals surface area contributed by atoms with Gasteiger partial charge in [0.15, 0.2) is 5.13 Å². The van der Waals surface area contributed by atoms with Crippen LogP contribution in [0.2, 0.25) is 5.02 Å². The van der Waals surface area contributed by atoms with Crippen molar-refractivity contribution in [1.29, 1.82) is 0 Å². The van der Waals surface area contributed by atoms with E-state index >= 15 is 0 Å². The molecule has 1 aromatic heterocycles. The maximum atomic E-state index is 11.4. The second-order valence-corrected chi connectivity index (χ2v) is 6.69. The monoisotopic (exact) mass is 326 g/mol. The van der Waals surface area contributed by atoms with Crippen molar-refractivity contribution < 1.29 is 4.92 Å². The summed E-state index contributed by atoms with van der Waals surface area (Å²) in [5, 5.41) is 12.1. The van der Waals surface area contributed by atoms with Gasteiger partial charge in [-0.25, -0.2) is 4.98 Å². The van der Waals surface area contributed by atoms with E-state index in [4.69, 9.17) is 17.3 Å². The number of fused-ring (bicyclic) bond motifs is 1. The first-order valence-corrected chi connectivity index (χ1v) is 7.98. The number of nitrogens with two attached hydrogens (primary N) is 1. The largest absolute Gasteiger partial charge is 0.375 e. The van der Waals surface area contributed by atoms with Gasteiger partial charge in [-0.15, -0.1) is 0 Å². The van der Waals surface area contributed by atoms with Crippen LogP contribution in [0.3, 0.4) is 0 Å². The summed E-state index contributed by atoms with van der Waals surface area (Å²) < 4.78 is 0.709. The SMILES string of the molecule is CC1CCCCN1c1c([N+](=O)[O-])cc(Cl)c2nc(N)sc12. The van der Waals surface area contributed by atoms with Crippen LogP contribution in [0, 0.1) is 10.1 Å². The minimum Gasteiger partial charge on any atom is -0.375 e. The highest BCUT2D eigenvalue weighted by Gasteiger charge is 2.30. The first-order chi connectivity index (χ1) is 9.99. The van der Waals surface area contributed by atoms with Gasteiger partial charge >= 0.3 is 0 Å². The number of piperidine rings is 1. The van der Waals surface area contributed by atoms with Gasteiger partial charge in [-0.3, -0.25) is 10.1 Å². The van der Waals surface area contributed by atoms with Gasteiger partial charge in [-0.05, 0) is 26.2 Å². The van der Waals surface area contributed by atoms with E-state index in [0.717, 1.165) is 25.8 Å². The molecule has 21 heavy (non-hydrogen) atoms. The zero-order chi connectivity index (χ0) is 15.1. The normalized spacial score (nSPS) is 19.1. The number of nitrogen functional groups attached to an aromatic ring is 1. The Labute approximate surface area is 130 Å². The molecule has 0 saturated carbocycles. The molecule has 0 radical (unpaired) electrons. The van der Waals surface area contributed by atoms with Crippen LogP contribution in [0.25, 0.3) is 10.2 Å². The molecule has 3 rings (SSSR count). The van der Waals surface area contributed by atoms with E-state index in [-0.39, 0.29) is 21.7 Å². The Balaban J connectivity index is 2.29. The molecule has 1 aliphatic heterocycles. The fourth-order valence-electron chi connectivity index (χ4n) is 2.88. The Hall–Kier alpha value is -1.60. The quantitative estimate of drug-likeness (QED) is 0.669. The van der Waals surface area contributed by atoms with E-state index < -0.39 is 0 Å². The lowest BCUT2D eigenvalue weighted by molar-refractivity contribution is -0.384. The third-order valence-corrected chi connectivity index (χ3v) is 5.06. The summed E-state index contributed by atoms with van der Waals surface area (Å²) >= 11 is 7.39. The molecule has 1 aromatic carbocycles. The standard InChI is InChI=1S/C13H15ClN4O2S/c1-7-4-2-3-5-17(7)11-9(18(19)20)6-8(14)10-12(11)21-13(15)16-10/h6-7H,2-5H2,1H3,(H2,15,16). The van der Waals surface area contributed by atoms with Crippen LogP contribution in [-0.4, -0.2) is 22.5 Å². The van der Waals surface area contributed by atoms with Crippen molar-refractivity contribution in [3.05, 3.63) is 21.2 Å². The van der Waals surface area contributed by atoms with Crippen LogP contribution in [0.15, 0.2) is 6.07 Å². The molecule has 2 aromatic rings. The van der Waals surface area contributed by atoms with Gasteiger partial charge < -0.3 is 10.6 Å². The Bertz CT molecular complexity index is 718. The predicted molar refractivity (Wildman–Crippen MR) is 86.4 cm³/mol. The van der Waals surface area contributed by atoms with Crippen LogP contribution in [0.5, 0.6) is 0 Å². The minimum absolute atomic E-state index is 0.0323. The zero-order valence-electron chi connectivity index (χ0n) is 11.5. The average Bonchev–Trinajstić information content (AvgIpc) is 2.82. The molecule has 6 nitrogen and oxygen atoms in total. The van der Waals surface area contributed by atoms with E-state index in [9.17, 15) is 10.1 Å². The highest BCUT2D eigenvalue weighted by atomic mass is 35.5. The Morgan fingerprint density at radius 3 is 3.00 bits per heavy atom. The smallest absolute Gasteiger partial charge is 0.295 e. The average molecular weight is 327 g/mol. The molecule has 1 saturated heterocycles. The fraction of sp³-hybridized carbons (Fsp3) is 0.462. The van der Waals surface area contributed by atoms with Crippen molar-refractivity contribution in [1.82, 2.24) is 4.98 Å². The van der Waals surface area contributed by atoms with Gasteiger partial charge in [0.1, 0.15) is 11.2 Å². The maximum absolute atomic E-state index is 11.4. The summed E-state index contributed by atoms with van der Waals surface area (Å²) in [7, 11) is 0. The number of aromatic nitrogens is 1. The van der Waals surface area contributed by atoms with Gasteiger partial charge in [0.25, 0.3) is 5.69 Å². The Morgan fingerprint density at radius 2 is 2.33 bits per heavy atom. The molecule has 0 aliphatic carbocycles. The lowest BCUT2D eigenvalue weighted by Gasteiger charge is -2.35. The molecule has 1 aliphatic rings. The number of rotatable bonds is 2. The summed E-state index contributed by atoms with van der Waals surface area (Å²) in [6, 6.07) is 1.64. The summed E-state index contributed by atoms with van der Waals surface area (Å²) in [4.78, 5) is 17.4. The summed E-state index contributed by atoms with van der Waals surface area (Å²) in [5.41, 5.74) is 6.98. The van der Waals surface area contributed by atoms with E-state index in [1.165, 1.54) is 17.4 Å².